The zero-order valence-electron chi connectivity index (χ0n) is 14.2. The molecule has 1 aliphatic rings. The summed E-state index contributed by atoms with van der Waals surface area (Å²) in [4.78, 5) is 11.2. The Labute approximate surface area is 141 Å². The molecule has 3 rings (SSSR count). The minimum absolute atomic E-state index is 0.204. The van der Waals surface area contributed by atoms with Crippen LogP contribution in [0.2, 0.25) is 0 Å². The summed E-state index contributed by atoms with van der Waals surface area (Å²) in [5.41, 5.74) is 1.05. The van der Waals surface area contributed by atoms with Gasteiger partial charge in [0, 0.05) is 45.0 Å². The van der Waals surface area contributed by atoms with Gasteiger partial charge in [0.2, 0.25) is 5.95 Å². The van der Waals surface area contributed by atoms with Crippen LogP contribution in [0.5, 0.6) is 0 Å². The van der Waals surface area contributed by atoms with Crippen LogP contribution in [0.3, 0.4) is 0 Å². The Morgan fingerprint density at radius 2 is 1.62 bits per heavy atom. The molecule has 1 aromatic carbocycles. The molecular weight excluding hydrogens is 307 g/mol. The number of aromatic nitrogens is 3. The first-order valence-electron chi connectivity index (χ1n) is 8.41. The largest absolute Gasteiger partial charge is 0.368 e. The van der Waals surface area contributed by atoms with E-state index in [1.807, 2.05) is 12.1 Å². The van der Waals surface area contributed by atoms with Crippen molar-refractivity contribution in [1.29, 1.82) is 0 Å². The Morgan fingerprint density at radius 3 is 2.25 bits per heavy atom. The van der Waals surface area contributed by atoms with E-state index in [1.54, 1.807) is 6.20 Å². The Hall–Kier alpha value is -2.44. The van der Waals surface area contributed by atoms with Crippen LogP contribution in [-0.4, -0.2) is 54.4 Å². The lowest BCUT2D eigenvalue weighted by atomic mass is 10.2. The molecule has 1 aromatic heterocycles. The van der Waals surface area contributed by atoms with Crippen molar-refractivity contribution in [2.45, 2.75) is 13.8 Å². The fourth-order valence-corrected chi connectivity index (χ4v) is 2.94. The number of hydrogen-bond acceptors (Lipinski definition) is 6. The van der Waals surface area contributed by atoms with E-state index < -0.39 is 0 Å². The lowest BCUT2D eigenvalue weighted by Gasteiger charge is -2.36. The molecule has 0 radical (unpaired) electrons. The van der Waals surface area contributed by atoms with Crippen LogP contribution < -0.4 is 14.7 Å². The molecule has 128 valence electrons. The lowest BCUT2D eigenvalue weighted by Crippen LogP contribution is -2.47. The first-order valence-corrected chi connectivity index (χ1v) is 8.41. The second-order valence-corrected chi connectivity index (χ2v) is 5.74. The van der Waals surface area contributed by atoms with E-state index in [1.165, 1.54) is 12.1 Å². The second-order valence-electron chi connectivity index (χ2n) is 5.74. The number of halogens is 1. The van der Waals surface area contributed by atoms with Crippen molar-refractivity contribution in [3.05, 3.63) is 36.3 Å². The van der Waals surface area contributed by atoms with E-state index >= 15 is 0 Å². The van der Waals surface area contributed by atoms with Crippen LogP contribution in [-0.2, 0) is 0 Å². The van der Waals surface area contributed by atoms with Gasteiger partial charge in [-0.3, -0.25) is 0 Å². The summed E-state index contributed by atoms with van der Waals surface area (Å²) < 4.78 is 13.0. The Kier molecular flexibility index (Phi) is 5.08. The highest BCUT2D eigenvalue weighted by Gasteiger charge is 2.20. The van der Waals surface area contributed by atoms with Gasteiger partial charge in [0.1, 0.15) is 5.82 Å². The molecule has 7 heteroatoms. The number of benzene rings is 1. The number of piperazine rings is 1. The highest BCUT2D eigenvalue weighted by Crippen LogP contribution is 2.19. The van der Waals surface area contributed by atoms with Gasteiger partial charge in [-0.05, 0) is 38.1 Å². The number of rotatable bonds is 5. The Bertz CT molecular complexity index is 650. The summed E-state index contributed by atoms with van der Waals surface area (Å²) in [7, 11) is 0. The second kappa shape index (κ2) is 7.42. The Morgan fingerprint density at radius 1 is 1.00 bits per heavy atom. The number of nitrogens with zero attached hydrogens (tertiary/aromatic N) is 6. The summed E-state index contributed by atoms with van der Waals surface area (Å²) >= 11 is 0. The van der Waals surface area contributed by atoms with Crippen LogP contribution in [0, 0.1) is 5.82 Å². The third kappa shape index (κ3) is 3.55. The quantitative estimate of drug-likeness (QED) is 0.837. The zero-order valence-corrected chi connectivity index (χ0v) is 14.2. The molecule has 1 aliphatic heterocycles. The first-order chi connectivity index (χ1) is 11.7. The predicted octanol–water partition coefficient (Wildman–Crippen LogP) is 2.18. The van der Waals surface area contributed by atoms with Gasteiger partial charge in [0.05, 0.1) is 6.20 Å². The van der Waals surface area contributed by atoms with E-state index in [-0.39, 0.29) is 5.82 Å². The predicted molar refractivity (Wildman–Crippen MR) is 94.2 cm³/mol. The number of hydrogen-bond donors (Lipinski definition) is 0. The molecule has 6 nitrogen and oxygen atoms in total. The van der Waals surface area contributed by atoms with Crippen LogP contribution in [0.25, 0.3) is 0 Å². The van der Waals surface area contributed by atoms with Gasteiger partial charge in [-0.25, -0.2) is 4.39 Å². The smallest absolute Gasteiger partial charge is 0.247 e. The normalized spacial score (nSPS) is 14.8. The molecule has 0 aliphatic carbocycles. The Balaban J connectivity index is 1.66. The third-order valence-corrected chi connectivity index (χ3v) is 4.38. The van der Waals surface area contributed by atoms with Gasteiger partial charge < -0.3 is 14.7 Å². The van der Waals surface area contributed by atoms with E-state index in [0.29, 0.717) is 5.95 Å². The van der Waals surface area contributed by atoms with Crippen molar-refractivity contribution in [2.75, 3.05) is 54.0 Å². The molecular formula is C17H23FN6. The molecule has 0 atom stereocenters. The van der Waals surface area contributed by atoms with Crippen molar-refractivity contribution in [2.24, 2.45) is 0 Å². The maximum atomic E-state index is 13.0. The third-order valence-electron chi connectivity index (χ3n) is 4.38. The fourth-order valence-electron chi connectivity index (χ4n) is 2.94. The van der Waals surface area contributed by atoms with Gasteiger partial charge in [0.15, 0.2) is 5.82 Å². The molecule has 1 fully saturated rings. The summed E-state index contributed by atoms with van der Waals surface area (Å²) in [5, 5.41) is 8.31. The summed E-state index contributed by atoms with van der Waals surface area (Å²) in [6, 6.07) is 6.65. The minimum atomic E-state index is -0.204. The molecule has 0 spiro atoms. The molecule has 0 N–H and O–H groups in total. The molecule has 2 heterocycles. The SMILES string of the molecule is CCN(CC)c1cnnc(N2CCN(c3ccc(F)cc3)CC2)n1. The van der Waals surface area contributed by atoms with Gasteiger partial charge in [0.25, 0.3) is 0 Å². The highest BCUT2D eigenvalue weighted by molar-refractivity contribution is 5.49. The van der Waals surface area contributed by atoms with E-state index in [2.05, 4.69) is 43.7 Å². The van der Waals surface area contributed by atoms with E-state index in [9.17, 15) is 4.39 Å². The van der Waals surface area contributed by atoms with Gasteiger partial charge in [-0.2, -0.15) is 10.1 Å². The van der Waals surface area contributed by atoms with Crippen LogP contribution >= 0.6 is 0 Å². The van der Waals surface area contributed by atoms with Crippen molar-refractivity contribution in [3.63, 3.8) is 0 Å². The molecule has 2 aromatic rings. The maximum Gasteiger partial charge on any atom is 0.247 e. The minimum Gasteiger partial charge on any atom is -0.368 e. The molecule has 0 bridgehead atoms. The number of anilines is 3. The lowest BCUT2D eigenvalue weighted by molar-refractivity contribution is 0.621. The summed E-state index contributed by atoms with van der Waals surface area (Å²) in [6.45, 7) is 9.34. The standard InChI is InChI=1S/C17H23FN6/c1-3-22(4-2)16-13-19-21-17(20-16)24-11-9-23(10-12-24)15-7-5-14(18)6-8-15/h5-8,13H,3-4,9-12H2,1-2H3. The molecule has 24 heavy (non-hydrogen) atoms. The highest BCUT2D eigenvalue weighted by atomic mass is 19.1. The zero-order chi connectivity index (χ0) is 16.9. The summed E-state index contributed by atoms with van der Waals surface area (Å²) in [5.74, 6) is 1.34. The van der Waals surface area contributed by atoms with Crippen molar-refractivity contribution in [1.82, 2.24) is 15.2 Å². The van der Waals surface area contributed by atoms with Crippen molar-refractivity contribution < 1.29 is 4.39 Å². The molecule has 1 saturated heterocycles. The van der Waals surface area contributed by atoms with Gasteiger partial charge in [-0.1, -0.05) is 0 Å². The topological polar surface area (TPSA) is 48.4 Å². The van der Waals surface area contributed by atoms with Gasteiger partial charge >= 0.3 is 0 Å². The van der Waals surface area contributed by atoms with E-state index in [4.69, 9.17) is 0 Å². The average molecular weight is 330 g/mol. The average Bonchev–Trinajstić information content (AvgIpc) is 2.64. The van der Waals surface area contributed by atoms with Crippen LogP contribution in [0.1, 0.15) is 13.8 Å². The van der Waals surface area contributed by atoms with Gasteiger partial charge in [-0.15, -0.1) is 5.10 Å². The molecule has 0 saturated carbocycles. The van der Waals surface area contributed by atoms with Crippen molar-refractivity contribution in [3.8, 4) is 0 Å². The maximum absolute atomic E-state index is 13.0. The molecule has 0 unspecified atom stereocenters. The van der Waals surface area contributed by atoms with Crippen LogP contribution in [0.15, 0.2) is 30.5 Å². The summed E-state index contributed by atoms with van der Waals surface area (Å²) in [6.07, 6.45) is 1.71. The molecule has 0 amide bonds. The monoisotopic (exact) mass is 330 g/mol. The fraction of sp³-hybridized carbons (Fsp3) is 0.471. The first kappa shape index (κ1) is 16.4. The van der Waals surface area contributed by atoms with Crippen LogP contribution in [0.4, 0.5) is 21.8 Å². The van der Waals surface area contributed by atoms with E-state index in [0.717, 1.165) is 50.8 Å². The van der Waals surface area contributed by atoms with Crippen molar-refractivity contribution >= 4 is 17.5 Å².